The van der Waals surface area contributed by atoms with Gasteiger partial charge in [-0.15, -0.1) is 0 Å². The molecule has 0 saturated carbocycles. The Morgan fingerprint density at radius 1 is 1.25 bits per heavy atom. The maximum Gasteiger partial charge on any atom is 0.239 e. The lowest BCUT2D eigenvalue weighted by Gasteiger charge is -2.23. The van der Waals surface area contributed by atoms with Gasteiger partial charge in [-0.2, -0.15) is 0 Å². The van der Waals surface area contributed by atoms with E-state index in [0.29, 0.717) is 13.0 Å². The molecule has 1 rings (SSSR count). The van der Waals surface area contributed by atoms with Crippen LogP contribution in [0.15, 0.2) is 24.3 Å². The first kappa shape index (κ1) is 16.5. The van der Waals surface area contributed by atoms with Gasteiger partial charge in [0.15, 0.2) is 0 Å². The van der Waals surface area contributed by atoms with Gasteiger partial charge in [-0.3, -0.25) is 4.79 Å². The molecule has 0 fully saturated rings. The van der Waals surface area contributed by atoms with E-state index in [0.717, 1.165) is 17.8 Å². The van der Waals surface area contributed by atoms with Crippen LogP contribution in [0.2, 0.25) is 0 Å². The maximum absolute atomic E-state index is 11.8. The van der Waals surface area contributed by atoms with E-state index in [1.807, 2.05) is 56.9 Å². The van der Waals surface area contributed by atoms with Crippen molar-refractivity contribution in [2.45, 2.75) is 46.3 Å². The molecule has 1 atom stereocenters. The summed E-state index contributed by atoms with van der Waals surface area (Å²) in [4.78, 5) is 13.8. The van der Waals surface area contributed by atoms with Crippen LogP contribution in [0, 0.1) is 0 Å². The van der Waals surface area contributed by atoms with Crippen molar-refractivity contribution in [3.63, 3.8) is 0 Å². The van der Waals surface area contributed by atoms with Gasteiger partial charge in [0.2, 0.25) is 5.91 Å². The maximum atomic E-state index is 11.8. The monoisotopic (exact) mass is 278 g/mol. The number of nitrogens with zero attached hydrogens (tertiary/aromatic N) is 1. The Bertz CT molecular complexity index is 415. The molecule has 0 aliphatic carbocycles. The Hall–Kier alpha value is -1.55. The number of aliphatic hydroxyl groups is 1. The number of carbonyl (C=O) groups excluding carboxylic acids is 1. The Kier molecular flexibility index (Phi) is 6.52. The molecule has 2 N–H and O–H groups in total. The summed E-state index contributed by atoms with van der Waals surface area (Å²) >= 11 is 0. The van der Waals surface area contributed by atoms with Gasteiger partial charge in [0.25, 0.3) is 0 Å². The van der Waals surface area contributed by atoms with Crippen molar-refractivity contribution < 1.29 is 9.90 Å². The van der Waals surface area contributed by atoms with E-state index in [-0.39, 0.29) is 11.9 Å². The van der Waals surface area contributed by atoms with Crippen LogP contribution in [0.25, 0.3) is 0 Å². The normalized spacial score (nSPS) is 12.3. The summed E-state index contributed by atoms with van der Waals surface area (Å²) in [5.74, 6) is 0.0273. The molecule has 0 aliphatic heterocycles. The van der Waals surface area contributed by atoms with Crippen LogP contribution < -0.4 is 10.2 Å². The van der Waals surface area contributed by atoms with Gasteiger partial charge in [0.1, 0.15) is 0 Å². The molecule has 4 nitrogen and oxygen atoms in total. The Morgan fingerprint density at radius 2 is 1.85 bits per heavy atom. The number of amides is 1. The molecule has 4 heteroatoms. The van der Waals surface area contributed by atoms with E-state index in [4.69, 9.17) is 0 Å². The second-order valence-electron chi connectivity index (χ2n) is 5.25. The Labute approximate surface area is 121 Å². The smallest absolute Gasteiger partial charge is 0.239 e. The number of rotatable bonds is 7. The summed E-state index contributed by atoms with van der Waals surface area (Å²) in [6.45, 7) is 9.00. The van der Waals surface area contributed by atoms with Crippen LogP contribution in [0.4, 0.5) is 5.69 Å². The molecule has 1 aromatic carbocycles. The number of nitrogens with one attached hydrogen (secondary N) is 1. The number of likely N-dealkylation sites (N-methyl/N-ethyl adjacent to an activating group) is 1. The number of hydrogen-bond acceptors (Lipinski definition) is 3. The van der Waals surface area contributed by atoms with Crippen molar-refractivity contribution >= 4 is 11.6 Å². The lowest BCUT2D eigenvalue weighted by molar-refractivity contribution is -0.120. The van der Waals surface area contributed by atoms with Crippen molar-refractivity contribution in [3.05, 3.63) is 29.8 Å². The number of hydrogen-bond donors (Lipinski definition) is 2. The van der Waals surface area contributed by atoms with Crippen LogP contribution in [-0.4, -0.2) is 30.1 Å². The van der Waals surface area contributed by atoms with Crippen molar-refractivity contribution in [1.29, 1.82) is 0 Å². The van der Waals surface area contributed by atoms with Crippen LogP contribution in [0.5, 0.6) is 0 Å². The van der Waals surface area contributed by atoms with Crippen molar-refractivity contribution in [1.82, 2.24) is 5.32 Å². The van der Waals surface area contributed by atoms with Gasteiger partial charge in [-0.05, 0) is 44.9 Å². The fraction of sp³-hybridized carbons (Fsp3) is 0.562. The van der Waals surface area contributed by atoms with Gasteiger partial charge in [0.05, 0.1) is 12.6 Å². The fourth-order valence-electron chi connectivity index (χ4n) is 2.07. The molecule has 1 aromatic rings. The summed E-state index contributed by atoms with van der Waals surface area (Å²) in [6.07, 6.45) is 0.288. The quantitative estimate of drug-likeness (QED) is 0.805. The summed E-state index contributed by atoms with van der Waals surface area (Å²) in [5, 5.41) is 12.7. The first-order chi connectivity index (χ1) is 9.47. The molecule has 0 saturated heterocycles. The Balaban J connectivity index is 2.72. The first-order valence-electron chi connectivity index (χ1n) is 7.30. The highest BCUT2D eigenvalue weighted by Gasteiger charge is 2.11. The van der Waals surface area contributed by atoms with E-state index in [1.54, 1.807) is 0 Å². The molecule has 0 unspecified atom stereocenters. The minimum Gasteiger partial charge on any atom is -0.388 e. The molecule has 0 spiro atoms. The van der Waals surface area contributed by atoms with E-state index in [9.17, 15) is 9.90 Å². The number of benzene rings is 1. The zero-order valence-electron chi connectivity index (χ0n) is 12.9. The molecule has 20 heavy (non-hydrogen) atoms. The lowest BCUT2D eigenvalue weighted by atomic mass is 10.1. The van der Waals surface area contributed by atoms with Crippen LogP contribution in [0.1, 0.15) is 45.8 Å². The predicted molar refractivity (Wildman–Crippen MR) is 82.9 cm³/mol. The van der Waals surface area contributed by atoms with E-state index < -0.39 is 6.10 Å². The van der Waals surface area contributed by atoms with E-state index in [1.165, 1.54) is 0 Å². The van der Waals surface area contributed by atoms with Crippen molar-refractivity contribution in [3.8, 4) is 0 Å². The first-order valence-corrected chi connectivity index (χ1v) is 7.30. The summed E-state index contributed by atoms with van der Waals surface area (Å²) in [7, 11) is 0. The van der Waals surface area contributed by atoms with Crippen LogP contribution >= 0.6 is 0 Å². The average molecular weight is 278 g/mol. The highest BCUT2D eigenvalue weighted by atomic mass is 16.3. The van der Waals surface area contributed by atoms with E-state index in [2.05, 4.69) is 5.32 Å². The van der Waals surface area contributed by atoms with Crippen molar-refractivity contribution in [2.75, 3.05) is 18.0 Å². The zero-order chi connectivity index (χ0) is 15.1. The largest absolute Gasteiger partial charge is 0.388 e. The fourth-order valence-corrected chi connectivity index (χ4v) is 2.07. The third kappa shape index (κ3) is 4.85. The standard InChI is InChI=1S/C16H26N2O2/c1-5-15(19)13-7-9-14(10-8-13)18(6-2)11-16(20)17-12(3)4/h7-10,12,15,19H,5-6,11H2,1-4H3,(H,17,20)/t15-/m0/s1. The summed E-state index contributed by atoms with van der Waals surface area (Å²) < 4.78 is 0. The van der Waals surface area contributed by atoms with Gasteiger partial charge >= 0.3 is 0 Å². The molecule has 0 bridgehead atoms. The van der Waals surface area contributed by atoms with Crippen molar-refractivity contribution in [2.24, 2.45) is 0 Å². The lowest BCUT2D eigenvalue weighted by Crippen LogP contribution is -2.40. The summed E-state index contributed by atoms with van der Waals surface area (Å²) in [5.41, 5.74) is 1.91. The highest BCUT2D eigenvalue weighted by Crippen LogP contribution is 2.20. The summed E-state index contributed by atoms with van der Waals surface area (Å²) in [6, 6.07) is 7.92. The molecule has 112 valence electrons. The van der Waals surface area contributed by atoms with Gasteiger partial charge in [0, 0.05) is 18.3 Å². The van der Waals surface area contributed by atoms with Gasteiger partial charge in [-0.1, -0.05) is 19.1 Å². The van der Waals surface area contributed by atoms with E-state index >= 15 is 0 Å². The number of aliphatic hydroxyl groups excluding tert-OH is 1. The molecule has 0 heterocycles. The zero-order valence-corrected chi connectivity index (χ0v) is 12.9. The predicted octanol–water partition coefficient (Wildman–Crippen LogP) is 2.48. The second-order valence-corrected chi connectivity index (χ2v) is 5.25. The molecule has 0 aromatic heterocycles. The third-order valence-electron chi connectivity index (χ3n) is 3.20. The van der Waals surface area contributed by atoms with Crippen LogP contribution in [-0.2, 0) is 4.79 Å². The average Bonchev–Trinajstić information content (AvgIpc) is 2.43. The minimum absolute atomic E-state index is 0.0273. The molecular formula is C16H26N2O2. The third-order valence-corrected chi connectivity index (χ3v) is 3.20. The van der Waals surface area contributed by atoms with Gasteiger partial charge < -0.3 is 15.3 Å². The highest BCUT2D eigenvalue weighted by molar-refractivity contribution is 5.81. The second kappa shape index (κ2) is 7.90. The molecule has 0 radical (unpaired) electrons. The number of anilines is 1. The number of carbonyl (C=O) groups is 1. The minimum atomic E-state index is -0.414. The Morgan fingerprint density at radius 3 is 2.30 bits per heavy atom. The molecule has 0 aliphatic rings. The van der Waals surface area contributed by atoms with Gasteiger partial charge in [-0.25, -0.2) is 0 Å². The molecule has 1 amide bonds. The van der Waals surface area contributed by atoms with Crippen LogP contribution in [0.3, 0.4) is 0 Å². The SMILES string of the molecule is CC[C@H](O)c1ccc(N(CC)CC(=O)NC(C)C)cc1. The molecular weight excluding hydrogens is 252 g/mol. The topological polar surface area (TPSA) is 52.6 Å².